The zero-order chi connectivity index (χ0) is 90.0. The van der Waals surface area contributed by atoms with Crippen LogP contribution in [0.25, 0.3) is 0 Å². The molecule has 12 atom stereocenters. The fraction of sp³-hybridized carbons (Fsp3) is 0.565. The number of hydrogen-bond acceptors (Lipinski definition) is 28. The van der Waals surface area contributed by atoms with E-state index in [1.807, 2.05) is 119 Å². The molecule has 0 radical (unpaired) electrons. The van der Waals surface area contributed by atoms with E-state index in [1.54, 1.807) is 121 Å². The van der Waals surface area contributed by atoms with Crippen LogP contribution in [0.2, 0.25) is 0 Å². The molecule has 8 bridgehead atoms. The Hall–Kier alpha value is -5.96. The van der Waals surface area contributed by atoms with Crippen molar-refractivity contribution in [1.29, 1.82) is 0 Å². The molecule has 36 heteroatoms. The number of sulfonamides is 4. The summed E-state index contributed by atoms with van der Waals surface area (Å²) >= 11 is 5.10. The lowest BCUT2D eigenvalue weighted by molar-refractivity contribution is 0.0265. The summed E-state index contributed by atoms with van der Waals surface area (Å²) in [4.78, 5) is 19.2. The molecule has 0 aliphatic carbocycles. The highest BCUT2D eigenvalue weighted by atomic mass is 32.3. The van der Waals surface area contributed by atoms with Gasteiger partial charge in [-0.15, -0.1) is 45.3 Å². The van der Waals surface area contributed by atoms with Crippen LogP contribution in [0, 0.1) is 0 Å². The first-order valence-electron chi connectivity index (χ1n) is 44.8. The SMILES string of the molecule is CC(C)(O)c1ccc(N2CCN(S(=O)(=O)c3cccs3)C[C@@H]2CN2C[C@H]3C[C@@H]2CO3)cc1.CC(C)(O)c1ccc(N2CCN(S(=O)(=O)c3cccs3)C[C@@H]2CN2C[C@H]3C[C@@H]2CO3)cc1.CC(C)(O)c1ccc(N2CCN(S(=O)(=O)c3cccs3)C[C@H]2CN2C[C@H]3C[C@@H]2CO3)cc1.CC(C)(O)c1ccc(N2CCN(S(=O)(=O)c3cccs3)C[C@H]2CN2C[C@H]3C[C@@H]2CO3)cc1. The Morgan fingerprint density at radius 3 is 0.633 bits per heavy atom. The highest BCUT2D eigenvalue weighted by Gasteiger charge is 2.49. The number of morpholine rings is 4. The van der Waals surface area contributed by atoms with E-state index >= 15 is 0 Å². The molecule has 0 unspecified atom stereocenters. The van der Waals surface area contributed by atoms with Gasteiger partial charge in [-0.2, -0.15) is 17.2 Å². The molecule has 0 amide bonds. The van der Waals surface area contributed by atoms with E-state index in [1.165, 1.54) is 45.3 Å². The van der Waals surface area contributed by atoms with Crippen molar-refractivity contribution in [1.82, 2.24) is 36.8 Å². The maximum atomic E-state index is 13.2. The number of ether oxygens (including phenoxy) is 4. The zero-order valence-electron chi connectivity index (χ0n) is 74.2. The van der Waals surface area contributed by atoms with Gasteiger partial charge < -0.3 is 59.0 Å². The molecule has 8 aromatic rings. The van der Waals surface area contributed by atoms with Gasteiger partial charge in [0, 0.05) is 178 Å². The van der Waals surface area contributed by atoms with Crippen LogP contribution in [-0.4, -0.2) is 321 Å². The quantitative estimate of drug-likeness (QED) is 0.0438. The van der Waals surface area contributed by atoms with Crippen LogP contribution >= 0.6 is 45.3 Å². The Balaban J connectivity index is 0.000000120. The van der Waals surface area contributed by atoms with E-state index in [9.17, 15) is 54.1 Å². The Morgan fingerprint density at radius 1 is 0.289 bits per heavy atom. The molecule has 16 heterocycles. The molecule has 128 heavy (non-hydrogen) atoms. The fourth-order valence-corrected chi connectivity index (χ4v) is 30.9. The Morgan fingerprint density at radius 2 is 0.484 bits per heavy atom. The third-order valence-corrected chi connectivity index (χ3v) is 40.5. The Bertz CT molecular complexity index is 4820. The van der Waals surface area contributed by atoms with E-state index in [-0.39, 0.29) is 24.2 Å². The number of thiophene rings is 4. The second-order valence-electron chi connectivity index (χ2n) is 38.2. The number of piperazine rings is 4. The molecule has 20 rings (SSSR count). The predicted molar refractivity (Wildman–Crippen MR) is 502 cm³/mol. The number of aliphatic hydroxyl groups is 4. The lowest BCUT2D eigenvalue weighted by Gasteiger charge is -2.44. The molecule has 12 saturated heterocycles. The summed E-state index contributed by atoms with van der Waals surface area (Å²) in [5.74, 6) is 0. The van der Waals surface area contributed by atoms with Crippen molar-refractivity contribution >= 4 is 108 Å². The number of rotatable bonds is 24. The van der Waals surface area contributed by atoms with Gasteiger partial charge in [-0.3, -0.25) is 19.6 Å². The van der Waals surface area contributed by atoms with Gasteiger partial charge in [0.15, 0.2) is 0 Å². The summed E-state index contributed by atoms with van der Waals surface area (Å²) in [6.07, 6.45) is 5.55. The van der Waals surface area contributed by atoms with E-state index in [0.717, 1.165) is 149 Å². The number of hydrogen-bond donors (Lipinski definition) is 4. The first-order valence-corrected chi connectivity index (χ1v) is 54.1. The summed E-state index contributed by atoms with van der Waals surface area (Å²) in [7, 11) is -13.9. The molecular weight excluding hydrogens is 1790 g/mol. The van der Waals surface area contributed by atoms with Gasteiger partial charge in [-0.05, 0) is 198 Å². The summed E-state index contributed by atoms with van der Waals surface area (Å²) < 4.78 is 137. The maximum absolute atomic E-state index is 13.2. The van der Waals surface area contributed by atoms with Gasteiger partial charge in [0.25, 0.3) is 40.1 Å². The molecule has 0 saturated carbocycles. The standard InChI is InChI=1S/4C23H31N3O4S2/c4*1-23(2,27)17-5-7-18(8-6-17)26-10-9-25(32(28,29)22-4-3-11-31-22)14-20(26)13-24-15-21-12-19(24)16-30-21/h4*3-8,11,19-21,27H,9-10,12-16H2,1-2H3/t2*19-,20+,21-;2*19-,20-,21-/m1111/s1. The highest BCUT2D eigenvalue weighted by molar-refractivity contribution is 7.92. The van der Waals surface area contributed by atoms with Crippen molar-refractivity contribution in [3.63, 3.8) is 0 Å². The molecule has 12 aliphatic rings. The van der Waals surface area contributed by atoms with E-state index in [0.29, 0.717) is 144 Å². The van der Waals surface area contributed by atoms with Crippen molar-refractivity contribution in [2.45, 2.75) is 193 Å². The first kappa shape index (κ1) is 93.8. The predicted octanol–water partition coefficient (Wildman–Crippen LogP) is 9.31. The monoisotopic (exact) mass is 1910 g/mol. The zero-order valence-corrected chi connectivity index (χ0v) is 80.7. The van der Waals surface area contributed by atoms with Crippen molar-refractivity contribution in [2.75, 3.05) is 177 Å². The third-order valence-electron chi connectivity index (χ3n) is 27.6. The number of benzene rings is 4. The minimum absolute atomic E-state index is 0.0471. The minimum Gasteiger partial charge on any atom is -0.386 e. The molecule has 4 aromatic carbocycles. The van der Waals surface area contributed by atoms with E-state index in [2.05, 4.69) is 39.2 Å². The molecule has 4 aromatic heterocycles. The van der Waals surface area contributed by atoms with Crippen molar-refractivity contribution in [2.24, 2.45) is 0 Å². The lowest BCUT2D eigenvalue weighted by atomic mass is 9.98. The average Bonchev–Trinajstić information content (AvgIpc) is 1.53. The fourth-order valence-electron chi connectivity index (χ4n) is 20.5. The topological polar surface area (TPSA) is 293 Å². The van der Waals surface area contributed by atoms with Crippen LogP contribution in [0.5, 0.6) is 0 Å². The number of nitrogens with zero attached hydrogens (tertiary/aromatic N) is 12. The molecule has 12 aliphatic heterocycles. The summed E-state index contributed by atoms with van der Waals surface area (Å²) in [6.45, 7) is 30.5. The molecule has 0 spiro atoms. The van der Waals surface area contributed by atoms with Crippen LogP contribution < -0.4 is 19.6 Å². The summed E-state index contributed by atoms with van der Waals surface area (Å²) in [5.41, 5.74) is 4.18. The second-order valence-corrected chi connectivity index (χ2v) is 50.6. The van der Waals surface area contributed by atoms with Crippen LogP contribution in [0.1, 0.15) is 103 Å². The number of fused-ring (bicyclic) bond motifs is 8. The van der Waals surface area contributed by atoms with Gasteiger partial charge in [-0.1, -0.05) is 72.8 Å². The lowest BCUT2D eigenvalue weighted by Crippen LogP contribution is -2.59. The first-order chi connectivity index (χ1) is 60.9. The van der Waals surface area contributed by atoms with Crippen LogP contribution in [0.3, 0.4) is 0 Å². The third kappa shape index (κ3) is 20.8. The van der Waals surface area contributed by atoms with E-state index in [4.69, 9.17) is 18.9 Å². The molecule has 28 nitrogen and oxygen atoms in total. The minimum atomic E-state index is -3.48. The van der Waals surface area contributed by atoms with E-state index < -0.39 is 62.5 Å². The van der Waals surface area contributed by atoms with Crippen LogP contribution in [0.15, 0.2) is 184 Å². The van der Waals surface area contributed by atoms with Gasteiger partial charge in [0.1, 0.15) is 16.8 Å². The molecule has 12 fully saturated rings. The van der Waals surface area contributed by atoms with Gasteiger partial charge in [0.2, 0.25) is 0 Å². The Kier molecular flexibility index (Phi) is 27.9. The van der Waals surface area contributed by atoms with Gasteiger partial charge in [-0.25, -0.2) is 33.7 Å². The largest absolute Gasteiger partial charge is 0.386 e. The van der Waals surface area contributed by atoms with Crippen molar-refractivity contribution in [3.8, 4) is 0 Å². The highest BCUT2D eigenvalue weighted by Crippen LogP contribution is 2.40. The van der Waals surface area contributed by atoms with Gasteiger partial charge in [0.05, 0.1) is 97.4 Å². The second kappa shape index (κ2) is 38.1. The van der Waals surface area contributed by atoms with Crippen molar-refractivity contribution < 1.29 is 73.0 Å². The van der Waals surface area contributed by atoms with Gasteiger partial charge >= 0.3 is 0 Å². The number of likely N-dealkylation sites (tertiary alicyclic amines) is 4. The summed E-state index contributed by atoms with van der Waals surface area (Å²) in [5, 5.41) is 48.5. The Labute approximate surface area is 771 Å². The molecular formula is C92H124N12O16S8. The van der Waals surface area contributed by atoms with Crippen LogP contribution in [-0.2, 0) is 81.4 Å². The number of anilines is 4. The molecule has 4 N–H and O–H groups in total. The smallest absolute Gasteiger partial charge is 0.252 e. The maximum Gasteiger partial charge on any atom is 0.252 e. The summed E-state index contributed by atoms with van der Waals surface area (Å²) in [6, 6.07) is 47.9. The normalized spacial score (nSPS) is 27.3. The van der Waals surface area contributed by atoms with Crippen molar-refractivity contribution in [3.05, 3.63) is 189 Å². The molecule has 696 valence electrons. The average molecular weight is 1910 g/mol. The van der Waals surface area contributed by atoms with Crippen LogP contribution in [0.4, 0.5) is 22.7 Å².